The van der Waals surface area contributed by atoms with Crippen LogP contribution in [-0.2, 0) is 11.3 Å². The number of nitrogens with one attached hydrogen (secondary N) is 1. The van der Waals surface area contributed by atoms with Gasteiger partial charge in [-0.2, -0.15) is 0 Å². The summed E-state index contributed by atoms with van der Waals surface area (Å²) in [6, 6.07) is 13.5. The van der Waals surface area contributed by atoms with Crippen LogP contribution < -0.4 is 10.2 Å². The maximum absolute atomic E-state index is 12.6. The van der Waals surface area contributed by atoms with E-state index in [1.165, 1.54) is 11.8 Å². The Balaban J connectivity index is 1.73. The summed E-state index contributed by atoms with van der Waals surface area (Å²) in [7, 11) is 3.84. The van der Waals surface area contributed by atoms with Crippen molar-refractivity contribution in [3.8, 4) is 11.4 Å². The van der Waals surface area contributed by atoms with Crippen LogP contribution in [0.1, 0.15) is 12.5 Å². The molecule has 0 aliphatic carbocycles. The Labute approximate surface area is 180 Å². The van der Waals surface area contributed by atoms with Gasteiger partial charge in [0.25, 0.3) is 0 Å². The second-order valence-electron chi connectivity index (χ2n) is 6.76. The number of aryl methyl sites for hydroxylation is 1. The lowest BCUT2D eigenvalue weighted by molar-refractivity contribution is -0.113. The first kappa shape index (κ1) is 21.2. The third-order valence-electron chi connectivity index (χ3n) is 4.47. The lowest BCUT2D eigenvalue weighted by atomic mass is 10.1. The maximum Gasteiger partial charge on any atom is 0.234 e. The van der Waals surface area contributed by atoms with E-state index in [1.54, 1.807) is 12.1 Å². The molecule has 0 spiro atoms. The fourth-order valence-corrected chi connectivity index (χ4v) is 3.99. The van der Waals surface area contributed by atoms with Gasteiger partial charge in [-0.1, -0.05) is 47.6 Å². The van der Waals surface area contributed by atoms with E-state index in [2.05, 4.69) is 28.5 Å². The number of amides is 1. The Morgan fingerprint density at radius 1 is 1.21 bits per heavy atom. The lowest BCUT2D eigenvalue weighted by Gasteiger charge is -2.18. The third-order valence-corrected chi connectivity index (χ3v) is 5.67. The Bertz CT molecular complexity index is 1020. The minimum Gasteiger partial charge on any atom is -0.376 e. The molecule has 1 amide bonds. The van der Waals surface area contributed by atoms with Gasteiger partial charge in [0.2, 0.25) is 5.91 Å². The summed E-state index contributed by atoms with van der Waals surface area (Å²) in [4.78, 5) is 14.5. The van der Waals surface area contributed by atoms with Crippen molar-refractivity contribution >= 4 is 40.6 Å². The minimum atomic E-state index is -0.122. The summed E-state index contributed by atoms with van der Waals surface area (Å²) in [5, 5.41) is 12.9. The van der Waals surface area contributed by atoms with Crippen LogP contribution in [0.2, 0.25) is 5.02 Å². The van der Waals surface area contributed by atoms with Gasteiger partial charge in [-0.05, 0) is 37.6 Å². The topological polar surface area (TPSA) is 63.1 Å². The van der Waals surface area contributed by atoms with Crippen molar-refractivity contribution in [3.05, 3.63) is 53.1 Å². The summed E-state index contributed by atoms with van der Waals surface area (Å²) in [5.74, 6) is 0.923. The number of halogens is 1. The van der Waals surface area contributed by atoms with Crippen molar-refractivity contribution in [1.29, 1.82) is 0 Å². The molecular formula is C21H24ClN5OS. The zero-order valence-corrected chi connectivity index (χ0v) is 18.5. The van der Waals surface area contributed by atoms with Gasteiger partial charge in [-0.15, -0.1) is 10.2 Å². The Hall–Kier alpha value is -2.51. The van der Waals surface area contributed by atoms with Crippen molar-refractivity contribution in [2.45, 2.75) is 25.5 Å². The van der Waals surface area contributed by atoms with Crippen molar-refractivity contribution in [1.82, 2.24) is 14.8 Å². The van der Waals surface area contributed by atoms with Gasteiger partial charge in [-0.25, -0.2) is 0 Å². The number of hydrogen-bond donors (Lipinski definition) is 1. The first-order chi connectivity index (χ1) is 13.9. The molecule has 0 bridgehead atoms. The molecule has 0 saturated heterocycles. The summed E-state index contributed by atoms with van der Waals surface area (Å²) in [6.07, 6.45) is 0. The van der Waals surface area contributed by atoms with Gasteiger partial charge in [0.05, 0.1) is 17.1 Å². The number of nitrogens with zero attached hydrogens (tertiary/aromatic N) is 4. The first-order valence-electron chi connectivity index (χ1n) is 9.29. The van der Waals surface area contributed by atoms with Crippen molar-refractivity contribution < 1.29 is 4.79 Å². The van der Waals surface area contributed by atoms with Crippen molar-refractivity contribution in [2.24, 2.45) is 0 Å². The molecule has 1 N–H and O–H groups in total. The number of thioether (sulfide) groups is 1. The van der Waals surface area contributed by atoms with E-state index in [9.17, 15) is 4.79 Å². The first-order valence-corrected chi connectivity index (χ1v) is 10.7. The molecule has 2 aromatic carbocycles. The molecule has 0 unspecified atom stereocenters. The Kier molecular flexibility index (Phi) is 6.82. The van der Waals surface area contributed by atoms with Crippen molar-refractivity contribution in [2.75, 3.05) is 30.1 Å². The summed E-state index contributed by atoms with van der Waals surface area (Å²) < 4.78 is 2.03. The molecule has 8 heteroatoms. The van der Waals surface area contributed by atoms with Gasteiger partial charge in [-0.3, -0.25) is 4.79 Å². The number of rotatable bonds is 7. The second kappa shape index (κ2) is 9.33. The van der Waals surface area contributed by atoms with Gasteiger partial charge in [0.15, 0.2) is 11.0 Å². The highest BCUT2D eigenvalue weighted by Crippen LogP contribution is 2.29. The SMILES string of the molecule is CCn1c(SCC(=O)Nc2cc(Cl)ccc2N(C)C)nnc1-c1ccccc1C. The standard InChI is InChI=1S/C21H24ClN5OS/c1-5-27-20(16-9-7-6-8-14(16)2)24-25-21(27)29-13-19(28)23-17-12-15(22)10-11-18(17)26(3)4/h6-12H,5,13H2,1-4H3,(H,23,28). The van der Waals surface area contributed by atoms with E-state index in [-0.39, 0.29) is 11.7 Å². The summed E-state index contributed by atoms with van der Waals surface area (Å²) >= 11 is 7.46. The van der Waals surface area contributed by atoms with E-state index in [1.807, 2.05) is 54.8 Å². The molecule has 29 heavy (non-hydrogen) atoms. The van der Waals surface area contributed by atoms with Crippen LogP contribution in [0.25, 0.3) is 11.4 Å². The summed E-state index contributed by atoms with van der Waals surface area (Å²) in [5.41, 5.74) is 3.77. The van der Waals surface area contributed by atoms with Gasteiger partial charge in [0, 0.05) is 31.2 Å². The van der Waals surface area contributed by atoms with Gasteiger partial charge in [0.1, 0.15) is 0 Å². The molecule has 0 saturated carbocycles. The molecule has 1 aromatic heterocycles. The van der Waals surface area contributed by atoms with Gasteiger partial charge < -0.3 is 14.8 Å². The quantitative estimate of drug-likeness (QED) is 0.550. The van der Waals surface area contributed by atoms with E-state index in [0.717, 1.165) is 34.3 Å². The van der Waals surface area contributed by atoms with E-state index in [4.69, 9.17) is 11.6 Å². The smallest absolute Gasteiger partial charge is 0.234 e. The number of benzene rings is 2. The molecule has 0 radical (unpaired) electrons. The van der Waals surface area contributed by atoms with E-state index in [0.29, 0.717) is 10.7 Å². The minimum absolute atomic E-state index is 0.122. The molecule has 3 rings (SSSR count). The number of anilines is 2. The third kappa shape index (κ3) is 4.92. The van der Waals surface area contributed by atoms with Crippen LogP contribution in [0.3, 0.4) is 0 Å². The summed E-state index contributed by atoms with van der Waals surface area (Å²) in [6.45, 7) is 4.82. The van der Waals surface area contributed by atoms with Crippen LogP contribution >= 0.6 is 23.4 Å². The number of carbonyl (C=O) groups is 1. The highest BCUT2D eigenvalue weighted by molar-refractivity contribution is 7.99. The molecule has 6 nitrogen and oxygen atoms in total. The molecular weight excluding hydrogens is 406 g/mol. The second-order valence-corrected chi connectivity index (χ2v) is 8.14. The maximum atomic E-state index is 12.6. The largest absolute Gasteiger partial charge is 0.376 e. The molecule has 3 aromatic rings. The highest BCUT2D eigenvalue weighted by Gasteiger charge is 2.16. The molecule has 152 valence electrons. The van der Waals surface area contributed by atoms with Crippen molar-refractivity contribution in [3.63, 3.8) is 0 Å². The lowest BCUT2D eigenvalue weighted by Crippen LogP contribution is -2.18. The predicted molar refractivity (Wildman–Crippen MR) is 121 cm³/mol. The monoisotopic (exact) mass is 429 g/mol. The average Bonchev–Trinajstić information content (AvgIpc) is 3.09. The Morgan fingerprint density at radius 2 is 1.97 bits per heavy atom. The van der Waals surface area contributed by atoms with Crippen LogP contribution in [0.4, 0.5) is 11.4 Å². The van der Waals surface area contributed by atoms with Crippen LogP contribution in [-0.4, -0.2) is 40.5 Å². The van der Waals surface area contributed by atoms with Crippen LogP contribution in [0, 0.1) is 6.92 Å². The fraction of sp³-hybridized carbons (Fsp3) is 0.286. The molecule has 0 fully saturated rings. The zero-order valence-electron chi connectivity index (χ0n) is 16.9. The highest BCUT2D eigenvalue weighted by atomic mass is 35.5. The van der Waals surface area contributed by atoms with E-state index < -0.39 is 0 Å². The predicted octanol–water partition coefficient (Wildman–Crippen LogP) is 4.72. The molecule has 0 aliphatic rings. The number of carbonyl (C=O) groups excluding carboxylic acids is 1. The van der Waals surface area contributed by atoms with Crippen LogP contribution in [0.15, 0.2) is 47.6 Å². The Morgan fingerprint density at radius 3 is 2.66 bits per heavy atom. The molecule has 0 atom stereocenters. The fourth-order valence-electron chi connectivity index (χ4n) is 3.02. The van der Waals surface area contributed by atoms with Gasteiger partial charge >= 0.3 is 0 Å². The number of hydrogen-bond acceptors (Lipinski definition) is 5. The molecule has 0 aliphatic heterocycles. The van der Waals surface area contributed by atoms with Crippen LogP contribution in [0.5, 0.6) is 0 Å². The zero-order chi connectivity index (χ0) is 21.0. The average molecular weight is 430 g/mol. The number of aromatic nitrogens is 3. The molecule has 1 heterocycles. The van der Waals surface area contributed by atoms with E-state index >= 15 is 0 Å². The normalized spacial score (nSPS) is 10.8.